The number of amides is 1. The van der Waals surface area contributed by atoms with Crippen LogP contribution in [0.15, 0.2) is 12.4 Å². The zero-order valence-corrected chi connectivity index (χ0v) is 12.8. The third-order valence-electron chi connectivity index (χ3n) is 4.75. The maximum absolute atomic E-state index is 12.3. The van der Waals surface area contributed by atoms with Crippen molar-refractivity contribution in [1.29, 1.82) is 0 Å². The van der Waals surface area contributed by atoms with Gasteiger partial charge >= 0.3 is 0 Å². The molecule has 0 bridgehead atoms. The Hall–Kier alpha value is -1.36. The largest absolute Gasteiger partial charge is 0.368 e. The number of carbonyl (C=O) groups excluding carboxylic acids is 1. The third kappa shape index (κ3) is 3.46. The van der Waals surface area contributed by atoms with Crippen LogP contribution in [0.1, 0.15) is 50.4 Å². The van der Waals surface area contributed by atoms with Crippen LogP contribution >= 0.6 is 0 Å². The molecular weight excluding hydrogens is 266 g/mol. The van der Waals surface area contributed by atoms with Crippen molar-refractivity contribution in [2.45, 2.75) is 57.6 Å². The van der Waals surface area contributed by atoms with E-state index < -0.39 is 0 Å². The summed E-state index contributed by atoms with van der Waals surface area (Å²) in [6, 6.07) is 0.358. The monoisotopic (exact) mass is 291 g/mol. The lowest BCUT2D eigenvalue weighted by Gasteiger charge is -2.34. The normalized spacial score (nSPS) is 23.7. The molecule has 1 saturated carbocycles. The first-order chi connectivity index (χ1) is 10.2. The van der Waals surface area contributed by atoms with Crippen molar-refractivity contribution in [3.63, 3.8) is 0 Å². The van der Waals surface area contributed by atoms with E-state index in [0.717, 1.165) is 44.6 Å². The number of hydrogen-bond acceptors (Lipinski definition) is 3. The SMILES string of the molecule is Cc1nccn1[C@@H]1CCCN(C(=O)COC2CCCC2)C1. The van der Waals surface area contributed by atoms with E-state index >= 15 is 0 Å². The lowest BCUT2D eigenvalue weighted by molar-refractivity contribution is -0.139. The van der Waals surface area contributed by atoms with Crippen molar-refractivity contribution in [2.75, 3.05) is 19.7 Å². The standard InChI is InChI=1S/C16H25N3O2/c1-13-17-8-10-19(13)14-5-4-9-18(11-14)16(20)12-21-15-6-2-3-7-15/h8,10,14-15H,2-7,9,11-12H2,1H3/t14-/m1/s1. The number of hydrogen-bond donors (Lipinski definition) is 0. The molecule has 2 aliphatic rings. The summed E-state index contributed by atoms with van der Waals surface area (Å²) in [7, 11) is 0. The zero-order chi connectivity index (χ0) is 14.7. The summed E-state index contributed by atoms with van der Waals surface area (Å²) < 4.78 is 7.95. The second kappa shape index (κ2) is 6.60. The van der Waals surface area contributed by atoms with Crippen LogP contribution < -0.4 is 0 Å². The van der Waals surface area contributed by atoms with Crippen LogP contribution in [0, 0.1) is 6.92 Å². The molecule has 116 valence electrons. The van der Waals surface area contributed by atoms with Crippen LogP contribution in [0.5, 0.6) is 0 Å². The Morgan fingerprint density at radius 2 is 2.14 bits per heavy atom. The van der Waals surface area contributed by atoms with Crippen molar-refractivity contribution in [1.82, 2.24) is 14.5 Å². The predicted octanol–water partition coefficient (Wildman–Crippen LogP) is 2.31. The maximum atomic E-state index is 12.3. The molecule has 5 nitrogen and oxygen atoms in total. The van der Waals surface area contributed by atoms with Crippen LogP contribution in [-0.4, -0.2) is 46.2 Å². The number of imidazole rings is 1. The number of aromatic nitrogens is 2. The quantitative estimate of drug-likeness (QED) is 0.855. The number of carbonyl (C=O) groups is 1. The smallest absolute Gasteiger partial charge is 0.248 e. The van der Waals surface area contributed by atoms with Gasteiger partial charge in [0, 0.05) is 25.5 Å². The Kier molecular flexibility index (Phi) is 4.58. The van der Waals surface area contributed by atoms with E-state index in [-0.39, 0.29) is 12.5 Å². The minimum Gasteiger partial charge on any atom is -0.368 e. The Morgan fingerprint density at radius 1 is 1.33 bits per heavy atom. The predicted molar refractivity (Wildman–Crippen MR) is 80.0 cm³/mol. The van der Waals surface area contributed by atoms with E-state index in [2.05, 4.69) is 9.55 Å². The fourth-order valence-corrected chi connectivity index (χ4v) is 3.52. The average Bonchev–Trinajstić information content (AvgIpc) is 3.16. The zero-order valence-electron chi connectivity index (χ0n) is 12.8. The highest BCUT2D eigenvalue weighted by Gasteiger charge is 2.26. The molecule has 21 heavy (non-hydrogen) atoms. The topological polar surface area (TPSA) is 47.4 Å². The molecule has 1 aliphatic carbocycles. The summed E-state index contributed by atoms with van der Waals surface area (Å²) in [5.41, 5.74) is 0. The molecule has 0 radical (unpaired) electrons. The Bertz CT molecular complexity index is 480. The molecule has 1 saturated heterocycles. The molecular formula is C16H25N3O2. The van der Waals surface area contributed by atoms with Gasteiger partial charge in [0.25, 0.3) is 0 Å². The highest BCUT2D eigenvalue weighted by molar-refractivity contribution is 5.77. The van der Waals surface area contributed by atoms with Gasteiger partial charge in [-0.3, -0.25) is 4.79 Å². The van der Waals surface area contributed by atoms with Gasteiger partial charge in [0.05, 0.1) is 12.1 Å². The summed E-state index contributed by atoms with van der Waals surface area (Å²) in [4.78, 5) is 18.6. The molecule has 2 fully saturated rings. The summed E-state index contributed by atoms with van der Waals surface area (Å²) in [6.45, 7) is 3.91. The van der Waals surface area contributed by atoms with E-state index in [1.54, 1.807) is 0 Å². The first-order valence-electron chi connectivity index (χ1n) is 8.13. The van der Waals surface area contributed by atoms with Gasteiger partial charge in [-0.1, -0.05) is 12.8 Å². The highest BCUT2D eigenvalue weighted by Crippen LogP contribution is 2.24. The van der Waals surface area contributed by atoms with E-state index in [4.69, 9.17) is 4.74 Å². The molecule has 5 heteroatoms. The lowest BCUT2D eigenvalue weighted by atomic mass is 10.1. The molecule has 1 aliphatic heterocycles. The number of ether oxygens (including phenoxy) is 1. The van der Waals surface area contributed by atoms with Crippen molar-refractivity contribution < 1.29 is 9.53 Å². The van der Waals surface area contributed by atoms with Crippen molar-refractivity contribution in [2.24, 2.45) is 0 Å². The summed E-state index contributed by atoms with van der Waals surface area (Å²) in [6.07, 6.45) is 11.0. The van der Waals surface area contributed by atoms with Crippen LogP contribution in [0.3, 0.4) is 0 Å². The number of likely N-dealkylation sites (tertiary alicyclic amines) is 1. The summed E-state index contributed by atoms with van der Waals surface area (Å²) >= 11 is 0. The number of nitrogens with zero attached hydrogens (tertiary/aromatic N) is 3. The van der Waals surface area contributed by atoms with Gasteiger partial charge in [-0.05, 0) is 32.6 Å². The Balaban J connectivity index is 1.53. The van der Waals surface area contributed by atoms with E-state index in [1.807, 2.05) is 24.2 Å². The number of rotatable bonds is 4. The van der Waals surface area contributed by atoms with Gasteiger partial charge < -0.3 is 14.2 Å². The van der Waals surface area contributed by atoms with Crippen molar-refractivity contribution >= 4 is 5.91 Å². The van der Waals surface area contributed by atoms with Crippen LogP contribution in [0.2, 0.25) is 0 Å². The molecule has 2 heterocycles. The summed E-state index contributed by atoms with van der Waals surface area (Å²) in [5.74, 6) is 1.17. The third-order valence-corrected chi connectivity index (χ3v) is 4.75. The second-order valence-corrected chi connectivity index (χ2v) is 6.24. The van der Waals surface area contributed by atoms with Crippen LogP contribution in [0.4, 0.5) is 0 Å². The Morgan fingerprint density at radius 3 is 2.86 bits per heavy atom. The van der Waals surface area contributed by atoms with Crippen molar-refractivity contribution in [3.8, 4) is 0 Å². The fourth-order valence-electron chi connectivity index (χ4n) is 3.52. The molecule has 1 atom stereocenters. The molecule has 0 aromatic carbocycles. The van der Waals surface area contributed by atoms with Gasteiger partial charge in [0.1, 0.15) is 12.4 Å². The summed E-state index contributed by atoms with van der Waals surface area (Å²) in [5, 5.41) is 0. The maximum Gasteiger partial charge on any atom is 0.248 e. The van der Waals surface area contributed by atoms with Gasteiger partial charge in [-0.2, -0.15) is 0 Å². The molecule has 3 rings (SSSR count). The first kappa shape index (κ1) is 14.6. The molecule has 1 aromatic heterocycles. The van der Waals surface area contributed by atoms with E-state index in [1.165, 1.54) is 12.8 Å². The van der Waals surface area contributed by atoms with Gasteiger partial charge in [0.2, 0.25) is 5.91 Å². The lowest BCUT2D eigenvalue weighted by Crippen LogP contribution is -2.42. The number of piperidine rings is 1. The fraction of sp³-hybridized carbons (Fsp3) is 0.750. The van der Waals surface area contributed by atoms with Gasteiger partial charge in [-0.25, -0.2) is 4.98 Å². The first-order valence-corrected chi connectivity index (χ1v) is 8.13. The molecule has 0 spiro atoms. The molecule has 1 amide bonds. The molecule has 1 aromatic rings. The second-order valence-electron chi connectivity index (χ2n) is 6.24. The van der Waals surface area contributed by atoms with Crippen LogP contribution in [-0.2, 0) is 9.53 Å². The van der Waals surface area contributed by atoms with Gasteiger partial charge in [-0.15, -0.1) is 0 Å². The van der Waals surface area contributed by atoms with Crippen molar-refractivity contribution in [3.05, 3.63) is 18.2 Å². The van der Waals surface area contributed by atoms with Gasteiger partial charge in [0.15, 0.2) is 0 Å². The average molecular weight is 291 g/mol. The Labute approximate surface area is 126 Å². The minimum absolute atomic E-state index is 0.143. The number of aryl methyl sites for hydroxylation is 1. The highest BCUT2D eigenvalue weighted by atomic mass is 16.5. The minimum atomic E-state index is 0.143. The molecule has 0 N–H and O–H groups in total. The van der Waals surface area contributed by atoms with E-state index in [9.17, 15) is 4.79 Å². The van der Waals surface area contributed by atoms with E-state index in [0.29, 0.717) is 12.1 Å². The van der Waals surface area contributed by atoms with Crippen LogP contribution in [0.25, 0.3) is 0 Å². The molecule has 0 unspecified atom stereocenters.